The molecule has 1 aliphatic rings. The summed E-state index contributed by atoms with van der Waals surface area (Å²) in [6.07, 6.45) is 2.63. The first kappa shape index (κ1) is 30.0. The fraction of sp³-hybridized carbons (Fsp3) is 0.387. The zero-order chi connectivity index (χ0) is 29.9. The van der Waals surface area contributed by atoms with Crippen LogP contribution in [0, 0.1) is 0 Å². The van der Waals surface area contributed by atoms with Crippen molar-refractivity contribution in [1.29, 1.82) is 0 Å². The molecular formula is C31H36N4O5S. The molecule has 0 bridgehead atoms. The number of aryl methyl sites for hydroxylation is 2. The van der Waals surface area contributed by atoms with Gasteiger partial charge in [0.15, 0.2) is 5.12 Å². The van der Waals surface area contributed by atoms with Gasteiger partial charge in [0.1, 0.15) is 11.6 Å². The van der Waals surface area contributed by atoms with E-state index >= 15 is 0 Å². The average molecular weight is 577 g/mol. The van der Waals surface area contributed by atoms with Gasteiger partial charge in [0.2, 0.25) is 5.91 Å². The van der Waals surface area contributed by atoms with E-state index in [1.807, 2.05) is 23.7 Å². The number of benzene rings is 2. The zero-order valence-corrected chi connectivity index (χ0v) is 24.9. The number of primary amides is 1. The number of thioether (sulfide) groups is 1. The molecular weight excluding hydrogens is 540 g/mol. The molecule has 2 aromatic carbocycles. The van der Waals surface area contributed by atoms with Crippen molar-refractivity contribution in [1.82, 2.24) is 14.5 Å². The summed E-state index contributed by atoms with van der Waals surface area (Å²) in [5, 5.41) is 0.117. The maximum Gasteiger partial charge on any atom is 0.306 e. The van der Waals surface area contributed by atoms with E-state index in [-0.39, 0.29) is 30.4 Å². The quantitative estimate of drug-likeness (QED) is 0.352. The number of rotatable bonds is 10. The molecule has 0 saturated heterocycles. The molecule has 1 aromatic heterocycles. The second-order valence-electron chi connectivity index (χ2n) is 11.2. The molecule has 216 valence electrons. The first-order valence-electron chi connectivity index (χ1n) is 13.5. The number of nitrogens with two attached hydrogens (primary N) is 1. The van der Waals surface area contributed by atoms with E-state index in [0.717, 1.165) is 45.8 Å². The Bertz CT molecular complexity index is 1470. The van der Waals surface area contributed by atoms with Gasteiger partial charge in [-0.2, -0.15) is 0 Å². The highest BCUT2D eigenvalue weighted by atomic mass is 32.2. The Kier molecular flexibility index (Phi) is 9.01. The largest absolute Gasteiger partial charge is 0.460 e. The van der Waals surface area contributed by atoms with Crippen LogP contribution >= 0.6 is 11.8 Å². The minimum atomic E-state index is -0.927. The summed E-state index contributed by atoms with van der Waals surface area (Å²) in [6.45, 7) is 7.10. The van der Waals surface area contributed by atoms with Crippen molar-refractivity contribution in [2.75, 3.05) is 5.75 Å². The normalized spacial score (nSPS) is 13.7. The molecule has 3 aromatic rings. The number of esters is 1. The second kappa shape index (κ2) is 12.3. The molecule has 0 saturated carbocycles. The monoisotopic (exact) mass is 576 g/mol. The number of fused-ring (bicyclic) bond motifs is 1. The van der Waals surface area contributed by atoms with Crippen molar-refractivity contribution >= 4 is 34.7 Å². The average Bonchev–Trinajstić information content (AvgIpc) is 3.42. The van der Waals surface area contributed by atoms with Gasteiger partial charge >= 0.3 is 5.97 Å². The third kappa shape index (κ3) is 7.24. The van der Waals surface area contributed by atoms with Gasteiger partial charge in [0.05, 0.1) is 17.7 Å². The third-order valence-electron chi connectivity index (χ3n) is 6.82. The van der Waals surface area contributed by atoms with E-state index in [9.17, 15) is 19.2 Å². The summed E-state index contributed by atoms with van der Waals surface area (Å²) < 4.78 is 7.31. The Hall–Kier alpha value is -3.92. The summed E-state index contributed by atoms with van der Waals surface area (Å²) in [5.74, 6) is -0.654. The maximum absolute atomic E-state index is 13.3. The number of hydrogen-bond acceptors (Lipinski definition) is 7. The van der Waals surface area contributed by atoms with Gasteiger partial charge in [-0.05, 0) is 56.9 Å². The van der Waals surface area contributed by atoms with Gasteiger partial charge in [-0.15, -0.1) is 0 Å². The lowest BCUT2D eigenvalue weighted by atomic mass is 10.00. The van der Waals surface area contributed by atoms with Gasteiger partial charge in [-0.3, -0.25) is 19.2 Å². The Labute approximate surface area is 244 Å². The van der Waals surface area contributed by atoms with E-state index in [4.69, 9.17) is 10.5 Å². The highest BCUT2D eigenvalue weighted by molar-refractivity contribution is 8.13. The standard InChI is InChI=1S/C31H36N4O5S/c1-19(36)41-15-14-20-6-8-21(9-7-20)28-27(33-18-34(28)5)22-10-11-24-23(16-22)17-35(30(24)39)25(29(32)38)12-13-26(37)40-31(2,3)4/h6-11,16,18,25H,12-15,17H2,1-5H3,(H2,32,38). The van der Waals surface area contributed by atoms with E-state index in [0.29, 0.717) is 5.56 Å². The van der Waals surface area contributed by atoms with Crippen LogP contribution in [0.25, 0.3) is 22.5 Å². The van der Waals surface area contributed by atoms with Crippen molar-refractivity contribution in [3.05, 3.63) is 65.5 Å². The number of aromatic nitrogens is 2. The summed E-state index contributed by atoms with van der Waals surface area (Å²) >= 11 is 1.32. The molecule has 0 radical (unpaired) electrons. The summed E-state index contributed by atoms with van der Waals surface area (Å²) in [7, 11) is 1.93. The van der Waals surface area contributed by atoms with Crippen LogP contribution in [0.4, 0.5) is 0 Å². The van der Waals surface area contributed by atoms with E-state index in [1.54, 1.807) is 40.1 Å². The number of nitrogens with zero attached hydrogens (tertiary/aromatic N) is 3. The lowest BCUT2D eigenvalue weighted by molar-refractivity contribution is -0.155. The van der Waals surface area contributed by atoms with Gasteiger partial charge in [0, 0.05) is 49.4 Å². The van der Waals surface area contributed by atoms with Crippen LogP contribution in [0.15, 0.2) is 48.8 Å². The van der Waals surface area contributed by atoms with Crippen LogP contribution in [0.1, 0.15) is 62.0 Å². The molecule has 9 nitrogen and oxygen atoms in total. The Balaban J connectivity index is 1.53. The molecule has 2 amide bonds. The molecule has 2 heterocycles. The number of carbonyl (C=O) groups excluding carboxylic acids is 4. The Morgan fingerprint density at radius 1 is 1.10 bits per heavy atom. The fourth-order valence-electron chi connectivity index (χ4n) is 4.96. The topological polar surface area (TPSA) is 125 Å². The molecule has 0 aliphatic carbocycles. The van der Waals surface area contributed by atoms with E-state index < -0.39 is 23.5 Å². The molecule has 2 N–H and O–H groups in total. The van der Waals surface area contributed by atoms with Crippen LogP contribution in [-0.2, 0) is 39.1 Å². The first-order valence-corrected chi connectivity index (χ1v) is 14.5. The first-order chi connectivity index (χ1) is 19.3. The van der Waals surface area contributed by atoms with Crippen molar-refractivity contribution in [3.63, 3.8) is 0 Å². The maximum atomic E-state index is 13.3. The van der Waals surface area contributed by atoms with Crippen LogP contribution in [-0.4, -0.2) is 54.7 Å². The molecule has 0 fully saturated rings. The van der Waals surface area contributed by atoms with Crippen LogP contribution in [0.5, 0.6) is 0 Å². The highest BCUT2D eigenvalue weighted by Gasteiger charge is 2.36. The molecule has 1 unspecified atom stereocenters. The van der Waals surface area contributed by atoms with E-state index in [2.05, 4.69) is 29.2 Å². The number of carbonyl (C=O) groups is 4. The Morgan fingerprint density at radius 3 is 2.41 bits per heavy atom. The van der Waals surface area contributed by atoms with Crippen LogP contribution in [0.2, 0.25) is 0 Å². The fourth-order valence-corrected chi connectivity index (χ4v) is 5.59. The predicted molar refractivity (Wildman–Crippen MR) is 159 cm³/mol. The van der Waals surface area contributed by atoms with Crippen LogP contribution < -0.4 is 5.73 Å². The van der Waals surface area contributed by atoms with Gasteiger partial charge in [0.25, 0.3) is 5.91 Å². The smallest absolute Gasteiger partial charge is 0.306 e. The zero-order valence-electron chi connectivity index (χ0n) is 24.1. The lowest BCUT2D eigenvalue weighted by Crippen LogP contribution is -2.45. The number of ether oxygens (including phenoxy) is 1. The van der Waals surface area contributed by atoms with Crippen molar-refractivity contribution < 1.29 is 23.9 Å². The predicted octanol–water partition coefficient (Wildman–Crippen LogP) is 4.51. The molecule has 1 atom stereocenters. The molecule has 4 rings (SSSR count). The third-order valence-corrected chi connectivity index (χ3v) is 7.63. The van der Waals surface area contributed by atoms with Crippen molar-refractivity contribution in [3.8, 4) is 22.5 Å². The summed E-state index contributed by atoms with van der Waals surface area (Å²) in [5.41, 5.74) is 11.0. The van der Waals surface area contributed by atoms with Crippen molar-refractivity contribution in [2.45, 2.75) is 65.1 Å². The second-order valence-corrected chi connectivity index (χ2v) is 12.5. The van der Waals surface area contributed by atoms with Crippen molar-refractivity contribution in [2.24, 2.45) is 12.8 Å². The van der Waals surface area contributed by atoms with E-state index in [1.165, 1.54) is 16.7 Å². The molecule has 41 heavy (non-hydrogen) atoms. The number of hydrogen-bond donors (Lipinski definition) is 1. The van der Waals surface area contributed by atoms with Gasteiger partial charge in [-0.1, -0.05) is 42.1 Å². The number of imidazole rings is 1. The lowest BCUT2D eigenvalue weighted by Gasteiger charge is -2.25. The summed E-state index contributed by atoms with van der Waals surface area (Å²) in [4.78, 5) is 55.1. The molecule has 10 heteroatoms. The summed E-state index contributed by atoms with van der Waals surface area (Å²) in [6, 6.07) is 12.8. The minimum Gasteiger partial charge on any atom is -0.460 e. The Morgan fingerprint density at radius 2 is 1.78 bits per heavy atom. The number of amides is 2. The van der Waals surface area contributed by atoms with Gasteiger partial charge < -0.3 is 19.9 Å². The minimum absolute atomic E-state index is 0.0259. The SMILES string of the molecule is CC(=O)SCCc1ccc(-c2c(-c3ccc4c(c3)CN(C(CCC(=O)OC(C)(C)C)C(N)=O)C4=O)ncn2C)cc1. The highest BCUT2D eigenvalue weighted by Crippen LogP contribution is 2.35. The molecule has 0 spiro atoms. The van der Waals surface area contributed by atoms with Crippen LogP contribution in [0.3, 0.4) is 0 Å². The molecule has 1 aliphatic heterocycles. The van der Waals surface area contributed by atoms with Gasteiger partial charge in [-0.25, -0.2) is 4.98 Å².